The highest BCUT2D eigenvalue weighted by atomic mass is 35.5. The first kappa shape index (κ1) is 26.2. The van der Waals surface area contributed by atoms with Gasteiger partial charge in [0.1, 0.15) is 0 Å². The summed E-state index contributed by atoms with van der Waals surface area (Å²) in [6, 6.07) is 8.74. The van der Waals surface area contributed by atoms with E-state index in [0.717, 1.165) is 19.3 Å². The molecule has 0 saturated carbocycles. The molecular weight excluding hydrogens is 486 g/mol. The van der Waals surface area contributed by atoms with Crippen LogP contribution in [0.5, 0.6) is 0 Å². The van der Waals surface area contributed by atoms with Crippen molar-refractivity contribution in [2.24, 2.45) is 5.92 Å². The molecule has 3 heterocycles. The van der Waals surface area contributed by atoms with Gasteiger partial charge >= 0.3 is 5.97 Å². The number of amides is 2. The van der Waals surface area contributed by atoms with E-state index in [0.29, 0.717) is 55.6 Å². The minimum Gasteiger partial charge on any atom is -0.466 e. The maximum atomic E-state index is 13.4. The molecule has 4 rings (SSSR count). The average molecular weight is 518 g/mol. The molecule has 0 aliphatic carbocycles. The maximum absolute atomic E-state index is 13.4. The van der Waals surface area contributed by atoms with Crippen molar-refractivity contribution in [3.8, 4) is 11.3 Å². The molecule has 10 heteroatoms. The van der Waals surface area contributed by atoms with Crippen molar-refractivity contribution in [1.29, 1.82) is 0 Å². The van der Waals surface area contributed by atoms with E-state index in [4.69, 9.17) is 25.6 Å². The molecule has 2 aromatic rings. The van der Waals surface area contributed by atoms with Crippen molar-refractivity contribution in [3.63, 3.8) is 0 Å². The fourth-order valence-corrected chi connectivity index (χ4v) is 4.91. The molecule has 36 heavy (non-hydrogen) atoms. The van der Waals surface area contributed by atoms with Gasteiger partial charge in [-0.1, -0.05) is 28.9 Å². The van der Waals surface area contributed by atoms with E-state index < -0.39 is 0 Å². The van der Waals surface area contributed by atoms with Gasteiger partial charge in [0.2, 0.25) is 5.91 Å². The van der Waals surface area contributed by atoms with Crippen LogP contribution in [0.3, 0.4) is 0 Å². The summed E-state index contributed by atoms with van der Waals surface area (Å²) < 4.78 is 16.3. The lowest BCUT2D eigenvalue weighted by Gasteiger charge is -2.32. The molecular formula is C26H32ClN3O6. The highest BCUT2D eigenvalue weighted by Gasteiger charge is 2.31. The van der Waals surface area contributed by atoms with Crippen LogP contribution in [0.25, 0.3) is 11.3 Å². The van der Waals surface area contributed by atoms with Crippen LogP contribution in [0.1, 0.15) is 49.5 Å². The van der Waals surface area contributed by atoms with Crippen LogP contribution >= 0.6 is 11.6 Å². The van der Waals surface area contributed by atoms with Gasteiger partial charge in [0.15, 0.2) is 11.5 Å². The molecule has 9 nitrogen and oxygen atoms in total. The van der Waals surface area contributed by atoms with Gasteiger partial charge in [-0.2, -0.15) is 0 Å². The van der Waals surface area contributed by atoms with Crippen LogP contribution in [0.2, 0.25) is 5.02 Å². The van der Waals surface area contributed by atoms with Crippen LogP contribution in [0.4, 0.5) is 0 Å². The van der Waals surface area contributed by atoms with Gasteiger partial charge in [-0.05, 0) is 44.7 Å². The van der Waals surface area contributed by atoms with E-state index in [2.05, 4.69) is 5.16 Å². The van der Waals surface area contributed by atoms with Gasteiger partial charge in [-0.25, -0.2) is 0 Å². The Morgan fingerprint density at radius 3 is 2.81 bits per heavy atom. The summed E-state index contributed by atoms with van der Waals surface area (Å²) in [4.78, 5) is 41.9. The predicted molar refractivity (Wildman–Crippen MR) is 132 cm³/mol. The summed E-state index contributed by atoms with van der Waals surface area (Å²) >= 11 is 6.26. The SMILES string of the molecule is CCOC(=O)C1CCCN(C(=O)CCN(CC2CCCO2)C(=O)c2cc(-c3ccccc3Cl)on2)C1. The van der Waals surface area contributed by atoms with Crippen molar-refractivity contribution in [3.05, 3.63) is 41.0 Å². The second-order valence-corrected chi connectivity index (χ2v) is 9.53. The molecule has 2 saturated heterocycles. The first-order chi connectivity index (χ1) is 17.5. The predicted octanol–water partition coefficient (Wildman–Crippen LogP) is 3.81. The maximum Gasteiger partial charge on any atom is 0.310 e. The summed E-state index contributed by atoms with van der Waals surface area (Å²) in [7, 11) is 0. The zero-order valence-corrected chi connectivity index (χ0v) is 21.2. The number of likely N-dealkylation sites (tertiary alicyclic amines) is 1. The highest BCUT2D eigenvalue weighted by Crippen LogP contribution is 2.28. The zero-order chi connectivity index (χ0) is 25.5. The summed E-state index contributed by atoms with van der Waals surface area (Å²) in [5.74, 6) is -0.582. The number of piperidine rings is 1. The Balaban J connectivity index is 1.42. The zero-order valence-electron chi connectivity index (χ0n) is 20.5. The molecule has 1 aromatic carbocycles. The van der Waals surface area contributed by atoms with Crippen molar-refractivity contribution in [1.82, 2.24) is 15.0 Å². The molecule has 2 atom stereocenters. The third kappa shape index (κ3) is 6.44. The first-order valence-electron chi connectivity index (χ1n) is 12.5. The van der Waals surface area contributed by atoms with Crippen molar-refractivity contribution < 1.29 is 28.4 Å². The summed E-state index contributed by atoms with van der Waals surface area (Å²) in [6.45, 7) is 4.29. The number of carbonyl (C=O) groups is 3. The minimum absolute atomic E-state index is 0.0813. The van der Waals surface area contributed by atoms with Crippen LogP contribution in [-0.4, -0.2) is 78.2 Å². The Morgan fingerprint density at radius 2 is 2.06 bits per heavy atom. The summed E-state index contributed by atoms with van der Waals surface area (Å²) in [5.41, 5.74) is 0.795. The van der Waals surface area contributed by atoms with Crippen molar-refractivity contribution in [2.45, 2.75) is 45.1 Å². The van der Waals surface area contributed by atoms with Gasteiger partial charge < -0.3 is 23.8 Å². The van der Waals surface area contributed by atoms with Crippen molar-refractivity contribution in [2.75, 3.05) is 39.4 Å². The first-order valence-corrected chi connectivity index (χ1v) is 12.9. The number of hydrogen-bond acceptors (Lipinski definition) is 7. The number of aromatic nitrogens is 1. The molecule has 2 amide bonds. The Morgan fingerprint density at radius 1 is 1.22 bits per heavy atom. The Bertz CT molecular complexity index is 1070. The molecule has 0 spiro atoms. The fourth-order valence-electron chi connectivity index (χ4n) is 4.68. The van der Waals surface area contributed by atoms with Gasteiger partial charge in [-0.15, -0.1) is 0 Å². The lowest BCUT2D eigenvalue weighted by molar-refractivity contribution is -0.151. The van der Waals surface area contributed by atoms with Crippen LogP contribution < -0.4 is 0 Å². The second-order valence-electron chi connectivity index (χ2n) is 9.12. The molecule has 2 unspecified atom stereocenters. The molecule has 0 N–H and O–H groups in total. The van der Waals surface area contributed by atoms with E-state index in [1.54, 1.807) is 34.9 Å². The number of hydrogen-bond donors (Lipinski definition) is 0. The third-order valence-electron chi connectivity index (χ3n) is 6.59. The molecule has 2 aliphatic heterocycles. The highest BCUT2D eigenvalue weighted by molar-refractivity contribution is 6.33. The molecule has 0 radical (unpaired) electrons. The number of ether oxygens (including phenoxy) is 2. The molecule has 2 fully saturated rings. The monoisotopic (exact) mass is 517 g/mol. The van der Waals surface area contributed by atoms with E-state index in [1.165, 1.54) is 0 Å². The normalized spacial score (nSPS) is 19.8. The van der Waals surface area contributed by atoms with E-state index >= 15 is 0 Å². The van der Waals surface area contributed by atoms with E-state index in [9.17, 15) is 14.4 Å². The average Bonchev–Trinajstić information content (AvgIpc) is 3.59. The number of rotatable bonds is 9. The van der Waals surface area contributed by atoms with Crippen LogP contribution in [0, 0.1) is 5.92 Å². The van der Waals surface area contributed by atoms with Crippen LogP contribution in [-0.2, 0) is 19.1 Å². The van der Waals surface area contributed by atoms with Crippen molar-refractivity contribution >= 4 is 29.4 Å². The van der Waals surface area contributed by atoms with Gasteiger partial charge in [0.05, 0.1) is 23.7 Å². The lowest BCUT2D eigenvalue weighted by atomic mass is 9.98. The number of benzene rings is 1. The number of esters is 1. The molecule has 194 valence electrons. The largest absolute Gasteiger partial charge is 0.466 e. The van der Waals surface area contributed by atoms with E-state index in [1.807, 2.05) is 12.1 Å². The third-order valence-corrected chi connectivity index (χ3v) is 6.92. The lowest BCUT2D eigenvalue weighted by Crippen LogP contribution is -2.45. The number of halogens is 1. The summed E-state index contributed by atoms with van der Waals surface area (Å²) in [6.07, 6.45) is 3.32. The van der Waals surface area contributed by atoms with Gasteiger partial charge in [-0.3, -0.25) is 14.4 Å². The second kappa shape index (κ2) is 12.4. The van der Waals surface area contributed by atoms with Gasteiger partial charge in [0, 0.05) is 50.8 Å². The molecule has 0 bridgehead atoms. The molecule has 1 aromatic heterocycles. The minimum atomic E-state index is -0.330. The number of carbonyl (C=O) groups excluding carboxylic acids is 3. The topological polar surface area (TPSA) is 102 Å². The summed E-state index contributed by atoms with van der Waals surface area (Å²) in [5, 5.41) is 4.48. The standard InChI is InChI=1S/C26H32ClN3O6/c1-2-34-26(33)18-7-5-12-29(16-18)24(31)11-13-30(17-19-8-6-14-35-19)25(32)22-15-23(36-28-22)20-9-3-4-10-21(20)27/h3-4,9-10,15,18-19H,2,5-8,11-14,16-17H2,1H3. The number of nitrogens with zero attached hydrogens (tertiary/aromatic N) is 3. The Labute approximate surface area is 215 Å². The fraction of sp³-hybridized carbons (Fsp3) is 0.538. The quantitative estimate of drug-likeness (QED) is 0.466. The molecule has 2 aliphatic rings. The van der Waals surface area contributed by atoms with E-state index in [-0.39, 0.29) is 48.5 Å². The smallest absolute Gasteiger partial charge is 0.310 e. The Hall–Kier alpha value is -2.91. The van der Waals surface area contributed by atoms with Crippen LogP contribution in [0.15, 0.2) is 34.9 Å². The van der Waals surface area contributed by atoms with Gasteiger partial charge in [0.25, 0.3) is 5.91 Å². The Kier molecular flexibility index (Phi) is 8.98.